The number of rotatable bonds is 6. The Kier molecular flexibility index (Phi) is 6.88. The van der Waals surface area contributed by atoms with Gasteiger partial charge in [0.15, 0.2) is 0 Å². The number of aryl methyl sites for hydroxylation is 2. The fraction of sp³-hybridized carbons (Fsp3) is 0.423. The first-order valence-electron chi connectivity index (χ1n) is 11.5. The third kappa shape index (κ3) is 5.07. The second kappa shape index (κ2) is 9.85. The lowest BCUT2D eigenvalue weighted by molar-refractivity contribution is -0.164. The number of piperazine rings is 1. The summed E-state index contributed by atoms with van der Waals surface area (Å²) < 4.78 is 17.9. The predicted molar refractivity (Wildman–Crippen MR) is 124 cm³/mol. The van der Waals surface area contributed by atoms with Crippen LogP contribution in [0.15, 0.2) is 48.5 Å². The van der Waals surface area contributed by atoms with Crippen LogP contribution in [0.5, 0.6) is 5.75 Å². The molecule has 0 radical (unpaired) electrons. The SMILES string of the molecule is Cc1ccc(O[C@H]2C[C@H](N3C(=O)[C@H](C)NC(=O)[C@@H]3C)O[C@@H]2COC(=O)c2ccc(C)cc2)cc1. The maximum absolute atomic E-state index is 12.9. The number of carbonyl (C=O) groups excluding carboxylic acids is 3. The van der Waals surface area contributed by atoms with Crippen molar-refractivity contribution in [2.24, 2.45) is 0 Å². The van der Waals surface area contributed by atoms with E-state index in [2.05, 4.69) is 5.32 Å². The largest absolute Gasteiger partial charge is 0.487 e. The Labute approximate surface area is 199 Å². The van der Waals surface area contributed by atoms with E-state index in [-0.39, 0.29) is 18.4 Å². The molecule has 2 aromatic rings. The number of hydrogen-bond donors (Lipinski definition) is 1. The van der Waals surface area contributed by atoms with Crippen molar-refractivity contribution in [3.63, 3.8) is 0 Å². The molecule has 0 unspecified atom stereocenters. The Morgan fingerprint density at radius 2 is 1.65 bits per heavy atom. The van der Waals surface area contributed by atoms with E-state index < -0.39 is 36.5 Å². The lowest BCUT2D eigenvalue weighted by Gasteiger charge is -2.39. The van der Waals surface area contributed by atoms with Gasteiger partial charge in [0.2, 0.25) is 11.8 Å². The molecule has 0 aromatic heterocycles. The van der Waals surface area contributed by atoms with Gasteiger partial charge in [-0.25, -0.2) is 4.79 Å². The van der Waals surface area contributed by atoms with Crippen molar-refractivity contribution in [3.05, 3.63) is 65.2 Å². The molecule has 2 heterocycles. The van der Waals surface area contributed by atoms with Gasteiger partial charge >= 0.3 is 5.97 Å². The van der Waals surface area contributed by atoms with Gasteiger partial charge in [-0.1, -0.05) is 35.4 Å². The molecule has 4 rings (SSSR count). The van der Waals surface area contributed by atoms with E-state index in [4.69, 9.17) is 14.2 Å². The molecule has 5 atom stereocenters. The van der Waals surface area contributed by atoms with Gasteiger partial charge in [-0.2, -0.15) is 0 Å². The Bertz CT molecular complexity index is 1050. The number of hydrogen-bond acceptors (Lipinski definition) is 6. The molecule has 2 aliphatic rings. The zero-order valence-electron chi connectivity index (χ0n) is 19.8. The molecule has 2 fully saturated rings. The van der Waals surface area contributed by atoms with E-state index in [1.54, 1.807) is 26.0 Å². The average Bonchev–Trinajstić information content (AvgIpc) is 3.20. The van der Waals surface area contributed by atoms with E-state index >= 15 is 0 Å². The van der Waals surface area contributed by atoms with Crippen LogP contribution < -0.4 is 10.1 Å². The van der Waals surface area contributed by atoms with Crippen LogP contribution in [0.3, 0.4) is 0 Å². The predicted octanol–water partition coefficient (Wildman–Crippen LogP) is 2.76. The van der Waals surface area contributed by atoms with Gasteiger partial charge in [-0.05, 0) is 52.0 Å². The lowest BCUT2D eigenvalue weighted by atomic mass is 10.1. The van der Waals surface area contributed by atoms with Gasteiger partial charge in [0, 0.05) is 6.42 Å². The molecule has 2 aromatic carbocycles. The van der Waals surface area contributed by atoms with Gasteiger partial charge in [0.25, 0.3) is 0 Å². The first kappa shape index (κ1) is 23.8. The normalized spacial score (nSPS) is 26.8. The molecular formula is C26H30N2O6. The van der Waals surface area contributed by atoms with E-state index in [0.29, 0.717) is 17.7 Å². The first-order valence-corrected chi connectivity index (χ1v) is 11.5. The van der Waals surface area contributed by atoms with Crippen LogP contribution in [0.25, 0.3) is 0 Å². The van der Waals surface area contributed by atoms with Gasteiger partial charge in [-0.3, -0.25) is 9.59 Å². The van der Waals surface area contributed by atoms with Crippen molar-refractivity contribution in [2.75, 3.05) is 6.61 Å². The highest BCUT2D eigenvalue weighted by atomic mass is 16.6. The third-order valence-electron chi connectivity index (χ3n) is 6.25. The van der Waals surface area contributed by atoms with Crippen LogP contribution in [0.2, 0.25) is 0 Å². The Morgan fingerprint density at radius 1 is 1.03 bits per heavy atom. The van der Waals surface area contributed by atoms with Gasteiger partial charge < -0.3 is 24.4 Å². The summed E-state index contributed by atoms with van der Waals surface area (Å²) in [6.45, 7) is 7.20. The van der Waals surface area contributed by atoms with Gasteiger partial charge in [0.05, 0.1) is 5.56 Å². The number of nitrogens with zero attached hydrogens (tertiary/aromatic N) is 1. The minimum atomic E-state index is -0.678. The number of carbonyl (C=O) groups is 3. The number of benzene rings is 2. The van der Waals surface area contributed by atoms with Crippen LogP contribution in [-0.2, 0) is 19.1 Å². The number of nitrogens with one attached hydrogen (secondary N) is 1. The van der Waals surface area contributed by atoms with Crippen LogP contribution in [0, 0.1) is 13.8 Å². The maximum Gasteiger partial charge on any atom is 0.338 e. The number of esters is 1. The maximum atomic E-state index is 12.9. The highest BCUT2D eigenvalue weighted by Gasteiger charge is 2.47. The minimum Gasteiger partial charge on any atom is -0.487 e. The smallest absolute Gasteiger partial charge is 0.338 e. The molecule has 180 valence electrons. The average molecular weight is 467 g/mol. The van der Waals surface area contributed by atoms with Crippen LogP contribution in [0.1, 0.15) is 41.8 Å². The topological polar surface area (TPSA) is 94.2 Å². The Hall–Kier alpha value is -3.39. The quantitative estimate of drug-likeness (QED) is 0.658. The second-order valence-corrected chi connectivity index (χ2v) is 8.95. The molecule has 8 nitrogen and oxygen atoms in total. The summed E-state index contributed by atoms with van der Waals surface area (Å²) in [5.41, 5.74) is 2.59. The fourth-order valence-electron chi connectivity index (χ4n) is 4.20. The third-order valence-corrected chi connectivity index (χ3v) is 6.25. The minimum absolute atomic E-state index is 0.0438. The molecule has 0 bridgehead atoms. The van der Waals surface area contributed by atoms with Crippen molar-refractivity contribution in [1.82, 2.24) is 10.2 Å². The van der Waals surface area contributed by atoms with E-state index in [9.17, 15) is 14.4 Å². The molecular weight excluding hydrogens is 436 g/mol. The molecule has 8 heteroatoms. The highest BCUT2D eigenvalue weighted by molar-refractivity contribution is 5.96. The lowest BCUT2D eigenvalue weighted by Crippen LogP contribution is -2.64. The number of ether oxygens (including phenoxy) is 3. The van der Waals surface area contributed by atoms with Crippen LogP contribution >= 0.6 is 0 Å². The zero-order chi connectivity index (χ0) is 24.4. The van der Waals surface area contributed by atoms with Crippen molar-refractivity contribution < 1.29 is 28.6 Å². The number of amides is 2. The molecule has 0 spiro atoms. The van der Waals surface area contributed by atoms with E-state index in [1.165, 1.54) is 4.90 Å². The molecule has 1 N–H and O–H groups in total. The Morgan fingerprint density at radius 3 is 2.29 bits per heavy atom. The van der Waals surface area contributed by atoms with Crippen molar-refractivity contribution in [3.8, 4) is 5.75 Å². The summed E-state index contributed by atoms with van der Waals surface area (Å²) in [6, 6.07) is 13.4. The summed E-state index contributed by atoms with van der Waals surface area (Å²) in [7, 11) is 0. The summed E-state index contributed by atoms with van der Waals surface area (Å²) in [6.07, 6.45) is -1.41. The summed E-state index contributed by atoms with van der Waals surface area (Å²) in [5.74, 6) is -0.264. The summed E-state index contributed by atoms with van der Waals surface area (Å²) >= 11 is 0. The Balaban J connectivity index is 1.50. The molecule has 34 heavy (non-hydrogen) atoms. The second-order valence-electron chi connectivity index (χ2n) is 8.95. The van der Waals surface area contributed by atoms with Crippen molar-refractivity contribution >= 4 is 17.8 Å². The van der Waals surface area contributed by atoms with Crippen LogP contribution in [-0.4, -0.2) is 59.8 Å². The molecule has 0 aliphatic carbocycles. The highest BCUT2D eigenvalue weighted by Crippen LogP contribution is 2.30. The summed E-state index contributed by atoms with van der Waals surface area (Å²) in [4.78, 5) is 39.2. The first-order chi connectivity index (χ1) is 16.2. The molecule has 2 aliphatic heterocycles. The molecule has 2 amide bonds. The molecule has 0 saturated carbocycles. The monoisotopic (exact) mass is 466 g/mol. The molecule has 2 saturated heterocycles. The van der Waals surface area contributed by atoms with Crippen LogP contribution in [0.4, 0.5) is 0 Å². The van der Waals surface area contributed by atoms with Gasteiger partial charge in [0.1, 0.15) is 42.9 Å². The van der Waals surface area contributed by atoms with E-state index in [1.807, 2.05) is 50.2 Å². The van der Waals surface area contributed by atoms with Crippen molar-refractivity contribution in [1.29, 1.82) is 0 Å². The summed E-state index contributed by atoms with van der Waals surface area (Å²) in [5, 5.41) is 2.68. The fourth-order valence-corrected chi connectivity index (χ4v) is 4.20. The van der Waals surface area contributed by atoms with E-state index in [0.717, 1.165) is 11.1 Å². The zero-order valence-corrected chi connectivity index (χ0v) is 19.8. The van der Waals surface area contributed by atoms with Gasteiger partial charge in [-0.15, -0.1) is 0 Å². The van der Waals surface area contributed by atoms with Crippen molar-refractivity contribution in [2.45, 2.75) is 64.6 Å². The standard InChI is InChI=1S/C26H30N2O6/c1-15-5-9-19(10-6-15)26(31)32-14-22-21(33-20-11-7-16(2)8-12-20)13-23(34-22)28-18(4)24(29)27-17(3)25(28)30/h5-12,17-18,21-23H,13-14H2,1-4H3,(H,27,29)/t17-,18-,21-,22+,23+/m0/s1.